The minimum Gasteiger partial charge on any atom is -0.394 e. The molecule has 3 N–H and O–H groups in total. The standard InChI is InChI=1S/C11H22N2O2/c1-3-10(7-14)13-11(15)12-8(2)9-5-4-6-9/h8-10,14H,3-7H2,1-2H3,(H2,12,13,15). The molecule has 2 amide bonds. The van der Waals surface area contributed by atoms with Crippen LogP contribution < -0.4 is 10.6 Å². The second kappa shape index (κ2) is 5.95. The Morgan fingerprint density at radius 1 is 1.47 bits per heavy atom. The molecule has 88 valence electrons. The second-order valence-corrected chi connectivity index (χ2v) is 4.39. The Balaban J connectivity index is 2.21. The van der Waals surface area contributed by atoms with Crippen LogP contribution in [-0.4, -0.2) is 29.8 Å². The molecular weight excluding hydrogens is 192 g/mol. The molecule has 0 saturated heterocycles. The van der Waals surface area contributed by atoms with E-state index in [0.717, 1.165) is 6.42 Å². The summed E-state index contributed by atoms with van der Waals surface area (Å²) < 4.78 is 0. The molecule has 0 aromatic rings. The van der Waals surface area contributed by atoms with Gasteiger partial charge in [0.1, 0.15) is 0 Å². The molecule has 0 heterocycles. The highest BCUT2D eigenvalue weighted by Crippen LogP contribution is 2.29. The molecule has 0 radical (unpaired) electrons. The third kappa shape index (κ3) is 3.70. The Morgan fingerprint density at radius 3 is 2.53 bits per heavy atom. The Labute approximate surface area is 91.4 Å². The second-order valence-electron chi connectivity index (χ2n) is 4.39. The molecule has 1 aliphatic carbocycles. The van der Waals surface area contributed by atoms with Gasteiger partial charge in [0, 0.05) is 6.04 Å². The van der Waals surface area contributed by atoms with Crippen molar-refractivity contribution >= 4 is 6.03 Å². The van der Waals surface area contributed by atoms with E-state index < -0.39 is 0 Å². The van der Waals surface area contributed by atoms with Crippen LogP contribution in [0.2, 0.25) is 0 Å². The van der Waals surface area contributed by atoms with E-state index in [-0.39, 0.29) is 24.7 Å². The predicted molar refractivity (Wildman–Crippen MR) is 59.6 cm³/mol. The zero-order valence-corrected chi connectivity index (χ0v) is 9.62. The number of hydrogen-bond acceptors (Lipinski definition) is 2. The van der Waals surface area contributed by atoms with Crippen molar-refractivity contribution in [1.82, 2.24) is 10.6 Å². The third-order valence-electron chi connectivity index (χ3n) is 3.26. The SMILES string of the molecule is CCC(CO)NC(=O)NC(C)C1CCC1. The molecule has 15 heavy (non-hydrogen) atoms. The monoisotopic (exact) mass is 214 g/mol. The minimum atomic E-state index is -0.157. The number of amides is 2. The first-order valence-electron chi connectivity index (χ1n) is 5.85. The summed E-state index contributed by atoms with van der Waals surface area (Å²) in [6, 6.07) is -0.0381. The van der Waals surface area contributed by atoms with Gasteiger partial charge in [-0.05, 0) is 32.1 Å². The van der Waals surface area contributed by atoms with Crippen molar-refractivity contribution in [2.24, 2.45) is 5.92 Å². The van der Waals surface area contributed by atoms with Crippen LogP contribution in [0.15, 0.2) is 0 Å². The van der Waals surface area contributed by atoms with Crippen LogP contribution in [0.4, 0.5) is 4.79 Å². The van der Waals surface area contributed by atoms with Crippen LogP contribution in [-0.2, 0) is 0 Å². The summed E-state index contributed by atoms with van der Waals surface area (Å²) in [5.74, 6) is 0.643. The van der Waals surface area contributed by atoms with E-state index in [1.54, 1.807) is 0 Å². The maximum absolute atomic E-state index is 11.5. The maximum atomic E-state index is 11.5. The Morgan fingerprint density at radius 2 is 2.13 bits per heavy atom. The van der Waals surface area contributed by atoms with E-state index in [9.17, 15) is 4.79 Å². The summed E-state index contributed by atoms with van der Waals surface area (Å²) in [7, 11) is 0. The number of carbonyl (C=O) groups is 1. The van der Waals surface area contributed by atoms with Crippen molar-refractivity contribution in [2.75, 3.05) is 6.61 Å². The Bertz CT molecular complexity index is 201. The molecule has 2 atom stereocenters. The van der Waals surface area contributed by atoms with Gasteiger partial charge in [0.25, 0.3) is 0 Å². The zero-order chi connectivity index (χ0) is 11.3. The van der Waals surface area contributed by atoms with Gasteiger partial charge in [-0.2, -0.15) is 0 Å². The first kappa shape index (κ1) is 12.3. The quantitative estimate of drug-likeness (QED) is 0.645. The first-order valence-corrected chi connectivity index (χ1v) is 5.85. The van der Waals surface area contributed by atoms with Crippen molar-refractivity contribution in [3.63, 3.8) is 0 Å². The van der Waals surface area contributed by atoms with E-state index in [1.165, 1.54) is 19.3 Å². The van der Waals surface area contributed by atoms with E-state index in [1.807, 2.05) is 13.8 Å². The van der Waals surface area contributed by atoms with E-state index in [2.05, 4.69) is 10.6 Å². The fraction of sp³-hybridized carbons (Fsp3) is 0.909. The largest absolute Gasteiger partial charge is 0.394 e. The number of urea groups is 1. The number of aliphatic hydroxyl groups excluding tert-OH is 1. The van der Waals surface area contributed by atoms with Crippen molar-refractivity contribution in [3.8, 4) is 0 Å². The molecule has 0 spiro atoms. The average Bonchev–Trinajstić information content (AvgIpc) is 2.11. The molecule has 2 unspecified atom stereocenters. The van der Waals surface area contributed by atoms with Gasteiger partial charge in [-0.15, -0.1) is 0 Å². The number of hydrogen-bond donors (Lipinski definition) is 3. The predicted octanol–water partition coefficient (Wildman–Crippen LogP) is 1.25. The van der Waals surface area contributed by atoms with Gasteiger partial charge in [0.15, 0.2) is 0 Å². The maximum Gasteiger partial charge on any atom is 0.315 e. The van der Waals surface area contributed by atoms with E-state index in [0.29, 0.717) is 5.92 Å². The molecule has 0 aromatic carbocycles. The molecule has 4 heteroatoms. The third-order valence-corrected chi connectivity index (χ3v) is 3.26. The van der Waals surface area contributed by atoms with E-state index >= 15 is 0 Å². The lowest BCUT2D eigenvalue weighted by Crippen LogP contribution is -2.49. The molecule has 0 aromatic heterocycles. The summed E-state index contributed by atoms with van der Waals surface area (Å²) >= 11 is 0. The molecule has 1 saturated carbocycles. The van der Waals surface area contributed by atoms with Crippen molar-refractivity contribution in [3.05, 3.63) is 0 Å². The van der Waals surface area contributed by atoms with Crippen molar-refractivity contribution < 1.29 is 9.90 Å². The number of nitrogens with one attached hydrogen (secondary N) is 2. The van der Waals surface area contributed by atoms with Gasteiger partial charge in [-0.1, -0.05) is 13.3 Å². The Kier molecular flexibility index (Phi) is 4.88. The van der Waals surface area contributed by atoms with Gasteiger partial charge in [0.05, 0.1) is 12.6 Å². The summed E-state index contributed by atoms with van der Waals surface area (Å²) in [5.41, 5.74) is 0. The molecule has 4 nitrogen and oxygen atoms in total. The summed E-state index contributed by atoms with van der Waals surface area (Å²) in [4.78, 5) is 11.5. The molecule has 1 aliphatic rings. The zero-order valence-electron chi connectivity index (χ0n) is 9.62. The average molecular weight is 214 g/mol. The summed E-state index contributed by atoms with van der Waals surface area (Å²) in [6.45, 7) is 3.99. The fourth-order valence-electron chi connectivity index (χ4n) is 1.77. The molecule has 0 bridgehead atoms. The van der Waals surface area contributed by atoms with E-state index in [4.69, 9.17) is 5.11 Å². The number of rotatable bonds is 5. The topological polar surface area (TPSA) is 61.4 Å². The highest BCUT2D eigenvalue weighted by Gasteiger charge is 2.25. The van der Waals surface area contributed by atoms with Gasteiger partial charge < -0.3 is 15.7 Å². The first-order chi connectivity index (χ1) is 7.17. The van der Waals surface area contributed by atoms with Gasteiger partial charge in [-0.3, -0.25) is 0 Å². The van der Waals surface area contributed by atoms with Crippen LogP contribution in [0, 0.1) is 5.92 Å². The van der Waals surface area contributed by atoms with Gasteiger partial charge in [0.2, 0.25) is 0 Å². The fourth-order valence-corrected chi connectivity index (χ4v) is 1.77. The molecular formula is C11H22N2O2. The summed E-state index contributed by atoms with van der Waals surface area (Å²) in [5, 5.41) is 14.6. The van der Waals surface area contributed by atoms with Crippen LogP contribution in [0.3, 0.4) is 0 Å². The lowest BCUT2D eigenvalue weighted by molar-refractivity contribution is 0.198. The lowest BCUT2D eigenvalue weighted by atomic mass is 9.80. The molecule has 1 rings (SSSR count). The lowest BCUT2D eigenvalue weighted by Gasteiger charge is -2.32. The highest BCUT2D eigenvalue weighted by molar-refractivity contribution is 5.74. The highest BCUT2D eigenvalue weighted by atomic mass is 16.3. The summed E-state index contributed by atoms with van der Waals surface area (Å²) in [6.07, 6.45) is 4.48. The Hall–Kier alpha value is -0.770. The molecule has 1 fully saturated rings. The van der Waals surface area contributed by atoms with Crippen LogP contribution in [0.25, 0.3) is 0 Å². The molecule has 0 aliphatic heterocycles. The van der Waals surface area contributed by atoms with Crippen molar-refractivity contribution in [2.45, 2.75) is 51.6 Å². The van der Waals surface area contributed by atoms with Gasteiger partial charge in [-0.25, -0.2) is 4.79 Å². The number of carbonyl (C=O) groups excluding carboxylic acids is 1. The van der Waals surface area contributed by atoms with Gasteiger partial charge >= 0.3 is 6.03 Å². The van der Waals surface area contributed by atoms with Crippen LogP contribution >= 0.6 is 0 Å². The van der Waals surface area contributed by atoms with Crippen LogP contribution in [0.5, 0.6) is 0 Å². The number of aliphatic hydroxyl groups is 1. The smallest absolute Gasteiger partial charge is 0.315 e. The van der Waals surface area contributed by atoms with Crippen LogP contribution in [0.1, 0.15) is 39.5 Å². The normalized spacial score (nSPS) is 20.2. The minimum absolute atomic E-state index is 0.00172. The van der Waals surface area contributed by atoms with Crippen molar-refractivity contribution in [1.29, 1.82) is 0 Å².